The largest absolute Gasteiger partial charge is 0.477 e. The van der Waals surface area contributed by atoms with Gasteiger partial charge in [-0.25, -0.2) is 4.98 Å². The van der Waals surface area contributed by atoms with Crippen LogP contribution in [0.4, 0.5) is 5.69 Å². The van der Waals surface area contributed by atoms with Crippen molar-refractivity contribution in [2.24, 2.45) is 0 Å². The Bertz CT molecular complexity index is 509. The lowest BCUT2D eigenvalue weighted by Gasteiger charge is -2.12. The number of benzene rings is 1. The van der Waals surface area contributed by atoms with Crippen LogP contribution in [0.1, 0.15) is 6.92 Å². The van der Waals surface area contributed by atoms with E-state index >= 15 is 0 Å². The molecule has 18 heavy (non-hydrogen) atoms. The minimum atomic E-state index is 0.610. The van der Waals surface area contributed by atoms with Crippen molar-refractivity contribution in [3.8, 4) is 5.88 Å². The third kappa shape index (κ3) is 2.71. The molecule has 0 aliphatic heterocycles. The summed E-state index contributed by atoms with van der Waals surface area (Å²) in [5, 5.41) is 5.49. The SMILES string of the molecule is CCOc1nccc2cccc(NCCOC)c12. The van der Waals surface area contributed by atoms with E-state index in [1.807, 2.05) is 25.1 Å². The number of anilines is 1. The lowest BCUT2D eigenvalue weighted by atomic mass is 10.1. The van der Waals surface area contributed by atoms with Crippen LogP contribution >= 0.6 is 0 Å². The number of rotatable bonds is 6. The summed E-state index contributed by atoms with van der Waals surface area (Å²) in [4.78, 5) is 4.29. The van der Waals surface area contributed by atoms with Gasteiger partial charge in [0.2, 0.25) is 5.88 Å². The van der Waals surface area contributed by atoms with Crippen LogP contribution in [0.25, 0.3) is 10.8 Å². The second-order valence-electron chi connectivity index (χ2n) is 3.87. The van der Waals surface area contributed by atoms with Gasteiger partial charge in [0.1, 0.15) is 0 Å². The van der Waals surface area contributed by atoms with Gasteiger partial charge in [0.15, 0.2) is 0 Å². The minimum Gasteiger partial charge on any atom is -0.477 e. The zero-order valence-electron chi connectivity index (χ0n) is 10.8. The van der Waals surface area contributed by atoms with Gasteiger partial charge in [0.25, 0.3) is 0 Å². The monoisotopic (exact) mass is 246 g/mol. The molecule has 0 amide bonds. The summed E-state index contributed by atoms with van der Waals surface area (Å²) in [6.07, 6.45) is 1.77. The predicted octanol–water partition coefficient (Wildman–Crippen LogP) is 2.69. The molecule has 4 nitrogen and oxygen atoms in total. The maximum absolute atomic E-state index is 5.58. The number of methoxy groups -OCH3 is 1. The second-order valence-corrected chi connectivity index (χ2v) is 3.87. The molecule has 0 atom stereocenters. The van der Waals surface area contributed by atoms with Crippen LogP contribution in [0.2, 0.25) is 0 Å². The smallest absolute Gasteiger partial charge is 0.223 e. The van der Waals surface area contributed by atoms with E-state index in [2.05, 4.69) is 16.4 Å². The number of hydrogen-bond acceptors (Lipinski definition) is 4. The Kier molecular flexibility index (Phi) is 4.36. The fourth-order valence-electron chi connectivity index (χ4n) is 1.88. The van der Waals surface area contributed by atoms with E-state index in [4.69, 9.17) is 9.47 Å². The molecule has 96 valence electrons. The van der Waals surface area contributed by atoms with Gasteiger partial charge in [-0.3, -0.25) is 0 Å². The van der Waals surface area contributed by atoms with Crippen LogP contribution in [-0.2, 0) is 4.74 Å². The van der Waals surface area contributed by atoms with Gasteiger partial charge < -0.3 is 14.8 Å². The second kappa shape index (κ2) is 6.21. The van der Waals surface area contributed by atoms with E-state index < -0.39 is 0 Å². The summed E-state index contributed by atoms with van der Waals surface area (Å²) in [5.74, 6) is 0.676. The lowest BCUT2D eigenvalue weighted by molar-refractivity contribution is 0.211. The first kappa shape index (κ1) is 12.6. The van der Waals surface area contributed by atoms with Crippen molar-refractivity contribution >= 4 is 16.5 Å². The molecule has 0 radical (unpaired) electrons. The Morgan fingerprint density at radius 2 is 2.17 bits per heavy atom. The maximum atomic E-state index is 5.58. The van der Waals surface area contributed by atoms with Crippen molar-refractivity contribution in [2.45, 2.75) is 6.92 Å². The molecular weight excluding hydrogens is 228 g/mol. The third-order valence-electron chi connectivity index (χ3n) is 2.66. The summed E-state index contributed by atoms with van der Waals surface area (Å²) in [6, 6.07) is 8.09. The zero-order chi connectivity index (χ0) is 12.8. The quantitative estimate of drug-likeness (QED) is 0.796. The van der Waals surface area contributed by atoms with E-state index in [0.717, 1.165) is 23.0 Å². The van der Waals surface area contributed by atoms with E-state index in [1.165, 1.54) is 0 Å². The van der Waals surface area contributed by atoms with E-state index in [0.29, 0.717) is 19.1 Å². The minimum absolute atomic E-state index is 0.610. The van der Waals surface area contributed by atoms with Gasteiger partial charge >= 0.3 is 0 Å². The van der Waals surface area contributed by atoms with Crippen LogP contribution in [0.15, 0.2) is 30.5 Å². The fraction of sp³-hybridized carbons (Fsp3) is 0.357. The van der Waals surface area contributed by atoms with E-state index in [-0.39, 0.29) is 0 Å². The fourth-order valence-corrected chi connectivity index (χ4v) is 1.88. The van der Waals surface area contributed by atoms with Crippen LogP contribution in [0.3, 0.4) is 0 Å². The van der Waals surface area contributed by atoms with Crippen molar-refractivity contribution in [3.05, 3.63) is 30.5 Å². The van der Waals surface area contributed by atoms with Crippen LogP contribution in [-0.4, -0.2) is 31.9 Å². The molecule has 0 saturated heterocycles. The molecule has 2 rings (SSSR count). The molecular formula is C14H18N2O2. The molecule has 0 fully saturated rings. The van der Waals surface area contributed by atoms with Crippen LogP contribution in [0.5, 0.6) is 5.88 Å². The molecule has 1 heterocycles. The first-order chi connectivity index (χ1) is 8.86. The van der Waals surface area contributed by atoms with Crippen molar-refractivity contribution in [1.82, 2.24) is 4.98 Å². The molecule has 0 aliphatic carbocycles. The highest BCUT2D eigenvalue weighted by molar-refractivity contribution is 5.97. The van der Waals surface area contributed by atoms with Gasteiger partial charge in [-0.15, -0.1) is 0 Å². The first-order valence-electron chi connectivity index (χ1n) is 6.10. The number of aromatic nitrogens is 1. The average Bonchev–Trinajstić information content (AvgIpc) is 2.40. The molecule has 1 N–H and O–H groups in total. The predicted molar refractivity (Wildman–Crippen MR) is 73.3 cm³/mol. The molecule has 0 bridgehead atoms. The highest BCUT2D eigenvalue weighted by Crippen LogP contribution is 2.30. The van der Waals surface area contributed by atoms with Gasteiger partial charge in [-0.1, -0.05) is 12.1 Å². The normalized spacial score (nSPS) is 10.6. The van der Waals surface area contributed by atoms with E-state index in [9.17, 15) is 0 Å². The number of pyridine rings is 1. The number of fused-ring (bicyclic) bond motifs is 1. The molecule has 2 aromatic rings. The summed E-state index contributed by atoms with van der Waals surface area (Å²) >= 11 is 0. The molecule has 1 aromatic heterocycles. The summed E-state index contributed by atoms with van der Waals surface area (Å²) in [7, 11) is 1.69. The first-order valence-corrected chi connectivity index (χ1v) is 6.10. The maximum Gasteiger partial charge on any atom is 0.223 e. The van der Waals surface area contributed by atoms with Crippen LogP contribution < -0.4 is 10.1 Å². The molecule has 0 aliphatic rings. The van der Waals surface area contributed by atoms with Gasteiger partial charge in [0, 0.05) is 25.5 Å². The molecule has 4 heteroatoms. The van der Waals surface area contributed by atoms with Crippen LogP contribution in [0, 0.1) is 0 Å². The number of hydrogen-bond donors (Lipinski definition) is 1. The van der Waals surface area contributed by atoms with Gasteiger partial charge in [-0.05, 0) is 24.4 Å². The topological polar surface area (TPSA) is 43.4 Å². The Labute approximate surface area is 107 Å². The van der Waals surface area contributed by atoms with Gasteiger partial charge in [-0.2, -0.15) is 0 Å². The number of nitrogens with one attached hydrogen (secondary N) is 1. The molecule has 0 saturated carbocycles. The molecule has 0 unspecified atom stereocenters. The lowest BCUT2D eigenvalue weighted by Crippen LogP contribution is -2.08. The Morgan fingerprint density at radius 1 is 1.28 bits per heavy atom. The Morgan fingerprint density at radius 3 is 2.94 bits per heavy atom. The third-order valence-corrected chi connectivity index (χ3v) is 2.66. The van der Waals surface area contributed by atoms with E-state index in [1.54, 1.807) is 13.3 Å². The zero-order valence-corrected chi connectivity index (χ0v) is 10.8. The van der Waals surface area contributed by atoms with Crippen molar-refractivity contribution in [2.75, 3.05) is 32.2 Å². The summed E-state index contributed by atoms with van der Waals surface area (Å²) in [6.45, 7) is 4.00. The summed E-state index contributed by atoms with van der Waals surface area (Å²) in [5.41, 5.74) is 1.03. The van der Waals surface area contributed by atoms with Gasteiger partial charge in [0.05, 0.1) is 18.6 Å². The average molecular weight is 246 g/mol. The number of nitrogens with zero attached hydrogens (tertiary/aromatic N) is 1. The summed E-state index contributed by atoms with van der Waals surface area (Å²) < 4.78 is 10.6. The molecule has 1 aromatic carbocycles. The standard InChI is InChI=1S/C14H18N2O2/c1-3-18-14-13-11(7-8-16-14)5-4-6-12(13)15-9-10-17-2/h4-8,15H,3,9-10H2,1-2H3. The van der Waals surface area contributed by atoms with Crippen molar-refractivity contribution < 1.29 is 9.47 Å². The van der Waals surface area contributed by atoms with Crippen molar-refractivity contribution in [3.63, 3.8) is 0 Å². The highest BCUT2D eigenvalue weighted by atomic mass is 16.5. The van der Waals surface area contributed by atoms with Crippen molar-refractivity contribution in [1.29, 1.82) is 0 Å². The Hall–Kier alpha value is -1.81. The highest BCUT2D eigenvalue weighted by Gasteiger charge is 2.07. The Balaban J connectivity index is 2.38. The number of ether oxygens (including phenoxy) is 2. The molecule has 0 spiro atoms.